The second-order valence-electron chi connectivity index (χ2n) is 4.59. The van der Waals surface area contributed by atoms with Crippen LogP contribution in [-0.4, -0.2) is 17.9 Å². The summed E-state index contributed by atoms with van der Waals surface area (Å²) in [5.41, 5.74) is 0.214. The molecule has 0 radical (unpaired) electrons. The average Bonchev–Trinajstić information content (AvgIpc) is 2.31. The van der Waals surface area contributed by atoms with Gasteiger partial charge in [-0.25, -0.2) is 0 Å². The summed E-state index contributed by atoms with van der Waals surface area (Å²) in [7, 11) is 0. The van der Waals surface area contributed by atoms with Gasteiger partial charge >= 0.3 is 0 Å². The molecule has 1 spiro atoms. The van der Waals surface area contributed by atoms with Crippen LogP contribution < -0.4 is 5.32 Å². The molecule has 0 aromatic carbocycles. The highest BCUT2D eigenvalue weighted by atomic mass is 16.1. The van der Waals surface area contributed by atoms with Crippen LogP contribution in [0.5, 0.6) is 0 Å². The minimum atomic E-state index is 0.214. The van der Waals surface area contributed by atoms with Crippen molar-refractivity contribution in [3.8, 4) is 0 Å². The van der Waals surface area contributed by atoms with E-state index >= 15 is 0 Å². The van der Waals surface area contributed by atoms with Crippen LogP contribution in [0.1, 0.15) is 51.4 Å². The van der Waals surface area contributed by atoms with Gasteiger partial charge in [0.15, 0.2) is 0 Å². The van der Waals surface area contributed by atoms with Gasteiger partial charge in [0.2, 0.25) is 0 Å². The van der Waals surface area contributed by atoms with Crippen LogP contribution in [0.4, 0.5) is 0 Å². The fourth-order valence-electron chi connectivity index (χ4n) is 2.75. The second-order valence-corrected chi connectivity index (χ2v) is 4.59. The molecular weight excluding hydrogens is 162 g/mol. The Balaban J connectivity index is 2.02. The third-order valence-corrected chi connectivity index (χ3v) is 3.50. The second kappa shape index (κ2) is 3.79. The molecule has 1 saturated carbocycles. The van der Waals surface area contributed by atoms with Crippen molar-refractivity contribution >= 4 is 5.78 Å². The van der Waals surface area contributed by atoms with Gasteiger partial charge in [-0.2, -0.15) is 0 Å². The molecule has 1 heterocycles. The van der Waals surface area contributed by atoms with Gasteiger partial charge in [-0.15, -0.1) is 0 Å². The molecule has 1 saturated heterocycles. The number of Topliss-reactive ketones (excluding diaryl/α,β-unsaturated/α-hetero) is 1. The predicted molar refractivity (Wildman–Crippen MR) is 52.7 cm³/mol. The highest BCUT2D eigenvalue weighted by molar-refractivity contribution is 5.80. The Morgan fingerprint density at radius 1 is 1.08 bits per heavy atom. The zero-order valence-electron chi connectivity index (χ0n) is 8.27. The Kier molecular flexibility index (Phi) is 2.68. The van der Waals surface area contributed by atoms with E-state index in [0.717, 1.165) is 19.4 Å². The van der Waals surface area contributed by atoms with E-state index in [4.69, 9.17) is 0 Å². The van der Waals surface area contributed by atoms with Crippen LogP contribution >= 0.6 is 0 Å². The van der Waals surface area contributed by atoms with Crippen molar-refractivity contribution in [2.45, 2.75) is 56.9 Å². The first-order valence-corrected chi connectivity index (χ1v) is 5.58. The van der Waals surface area contributed by atoms with Crippen molar-refractivity contribution in [3.05, 3.63) is 0 Å². The molecule has 0 atom stereocenters. The Morgan fingerprint density at radius 3 is 2.38 bits per heavy atom. The van der Waals surface area contributed by atoms with E-state index in [1.165, 1.54) is 38.5 Å². The summed E-state index contributed by atoms with van der Waals surface area (Å²) in [5.74, 6) is 0.473. The van der Waals surface area contributed by atoms with Crippen LogP contribution in [-0.2, 0) is 4.79 Å². The summed E-state index contributed by atoms with van der Waals surface area (Å²) in [4.78, 5) is 11.4. The normalized spacial score (nSPS) is 28.8. The lowest BCUT2D eigenvalue weighted by molar-refractivity contribution is -0.122. The van der Waals surface area contributed by atoms with Gasteiger partial charge in [0.1, 0.15) is 5.78 Å². The summed E-state index contributed by atoms with van der Waals surface area (Å²) in [5, 5.41) is 3.58. The number of rotatable bonds is 0. The summed E-state index contributed by atoms with van der Waals surface area (Å²) in [6.07, 6.45) is 9.32. The van der Waals surface area contributed by atoms with Gasteiger partial charge in [0.25, 0.3) is 0 Å². The van der Waals surface area contributed by atoms with E-state index in [0.29, 0.717) is 5.78 Å². The first-order chi connectivity index (χ1) is 6.31. The molecular formula is C11H19NO. The van der Waals surface area contributed by atoms with Crippen LogP contribution in [0, 0.1) is 0 Å². The lowest BCUT2D eigenvalue weighted by atomic mass is 9.82. The fraction of sp³-hybridized carbons (Fsp3) is 0.909. The quantitative estimate of drug-likeness (QED) is 0.619. The number of piperidine rings is 1. The van der Waals surface area contributed by atoms with E-state index in [-0.39, 0.29) is 5.54 Å². The zero-order chi connectivity index (χ0) is 9.15. The van der Waals surface area contributed by atoms with Gasteiger partial charge in [0.05, 0.1) is 0 Å². The molecule has 74 valence electrons. The SMILES string of the molecule is O=C1CCNC2(CCCCCC2)C1. The maximum absolute atomic E-state index is 11.4. The maximum atomic E-state index is 11.4. The van der Waals surface area contributed by atoms with Crippen LogP contribution in [0.25, 0.3) is 0 Å². The maximum Gasteiger partial charge on any atom is 0.136 e. The number of carbonyl (C=O) groups is 1. The Morgan fingerprint density at radius 2 is 1.77 bits per heavy atom. The van der Waals surface area contributed by atoms with Gasteiger partial charge < -0.3 is 5.32 Å². The predicted octanol–water partition coefficient (Wildman–Crippen LogP) is 2.03. The van der Waals surface area contributed by atoms with E-state index in [2.05, 4.69) is 5.32 Å². The lowest BCUT2D eigenvalue weighted by Gasteiger charge is -2.37. The Hall–Kier alpha value is -0.370. The number of ketones is 1. The number of hydrogen-bond donors (Lipinski definition) is 1. The van der Waals surface area contributed by atoms with Crippen LogP contribution in [0.3, 0.4) is 0 Å². The zero-order valence-corrected chi connectivity index (χ0v) is 8.27. The van der Waals surface area contributed by atoms with E-state index in [9.17, 15) is 4.79 Å². The smallest absolute Gasteiger partial charge is 0.136 e. The molecule has 2 aliphatic rings. The molecule has 2 nitrogen and oxygen atoms in total. The van der Waals surface area contributed by atoms with Crippen molar-refractivity contribution in [2.24, 2.45) is 0 Å². The Bertz CT molecular complexity index is 192. The number of carbonyl (C=O) groups excluding carboxylic acids is 1. The van der Waals surface area contributed by atoms with Crippen molar-refractivity contribution in [2.75, 3.05) is 6.54 Å². The standard InChI is InChI=1S/C11H19NO/c13-10-5-8-12-11(9-10)6-3-1-2-4-7-11/h12H,1-9H2. The number of nitrogens with one attached hydrogen (secondary N) is 1. The van der Waals surface area contributed by atoms with Gasteiger partial charge in [-0.05, 0) is 12.8 Å². The molecule has 1 aliphatic carbocycles. The molecule has 2 rings (SSSR count). The third kappa shape index (κ3) is 2.11. The molecule has 0 unspecified atom stereocenters. The molecule has 0 aromatic rings. The van der Waals surface area contributed by atoms with Crippen molar-refractivity contribution < 1.29 is 4.79 Å². The monoisotopic (exact) mass is 181 g/mol. The largest absolute Gasteiger partial charge is 0.310 e. The molecule has 2 heteroatoms. The van der Waals surface area contributed by atoms with E-state index < -0.39 is 0 Å². The first kappa shape index (κ1) is 9.20. The molecule has 1 aliphatic heterocycles. The molecule has 0 amide bonds. The summed E-state index contributed by atoms with van der Waals surface area (Å²) in [6, 6.07) is 0. The minimum absolute atomic E-state index is 0.214. The average molecular weight is 181 g/mol. The highest BCUT2D eigenvalue weighted by Gasteiger charge is 2.35. The van der Waals surface area contributed by atoms with Crippen molar-refractivity contribution in [3.63, 3.8) is 0 Å². The first-order valence-electron chi connectivity index (χ1n) is 5.58. The molecule has 2 fully saturated rings. The van der Waals surface area contributed by atoms with Crippen molar-refractivity contribution in [1.29, 1.82) is 0 Å². The Labute approximate surface area is 80.1 Å². The van der Waals surface area contributed by atoms with Gasteiger partial charge in [-0.1, -0.05) is 25.7 Å². The highest BCUT2D eigenvalue weighted by Crippen LogP contribution is 2.32. The molecule has 0 aromatic heterocycles. The number of hydrogen-bond acceptors (Lipinski definition) is 2. The molecule has 0 bridgehead atoms. The van der Waals surface area contributed by atoms with E-state index in [1.807, 2.05) is 0 Å². The minimum Gasteiger partial charge on any atom is -0.310 e. The van der Waals surface area contributed by atoms with E-state index in [1.54, 1.807) is 0 Å². The van der Waals surface area contributed by atoms with Gasteiger partial charge in [-0.3, -0.25) is 4.79 Å². The summed E-state index contributed by atoms with van der Waals surface area (Å²) in [6.45, 7) is 0.916. The fourth-order valence-corrected chi connectivity index (χ4v) is 2.75. The van der Waals surface area contributed by atoms with Crippen molar-refractivity contribution in [1.82, 2.24) is 5.32 Å². The molecule has 1 N–H and O–H groups in total. The van der Waals surface area contributed by atoms with Crippen LogP contribution in [0.15, 0.2) is 0 Å². The van der Waals surface area contributed by atoms with Gasteiger partial charge in [0, 0.05) is 24.9 Å². The van der Waals surface area contributed by atoms with Crippen LogP contribution in [0.2, 0.25) is 0 Å². The lowest BCUT2D eigenvalue weighted by Crippen LogP contribution is -2.50. The third-order valence-electron chi connectivity index (χ3n) is 3.50. The summed E-state index contributed by atoms with van der Waals surface area (Å²) < 4.78 is 0. The summed E-state index contributed by atoms with van der Waals surface area (Å²) >= 11 is 0. The molecule has 13 heavy (non-hydrogen) atoms. The topological polar surface area (TPSA) is 29.1 Å².